The highest BCUT2D eigenvalue weighted by Gasteiger charge is 2.48. The number of benzene rings is 2. The van der Waals surface area contributed by atoms with Crippen molar-refractivity contribution in [1.29, 1.82) is 0 Å². The van der Waals surface area contributed by atoms with Crippen molar-refractivity contribution < 1.29 is 9.59 Å². The monoisotopic (exact) mass is 348 g/mol. The zero-order valence-electron chi connectivity index (χ0n) is 15.2. The van der Waals surface area contributed by atoms with Gasteiger partial charge in [-0.05, 0) is 38.0 Å². The zero-order valence-corrected chi connectivity index (χ0v) is 15.2. The van der Waals surface area contributed by atoms with Gasteiger partial charge in [-0.2, -0.15) is 0 Å². The summed E-state index contributed by atoms with van der Waals surface area (Å²) in [6, 6.07) is 17.5. The van der Waals surface area contributed by atoms with Crippen LogP contribution in [0.4, 0.5) is 5.69 Å². The molecule has 1 atom stereocenters. The lowest BCUT2D eigenvalue weighted by Gasteiger charge is -2.49. The van der Waals surface area contributed by atoms with E-state index in [-0.39, 0.29) is 11.8 Å². The SMILES string of the molecule is Cc1ccc(NC(=O)C2(C)CCN2C(=O)C/C=C/c2ccccc2)cc1. The van der Waals surface area contributed by atoms with E-state index < -0.39 is 5.54 Å². The minimum atomic E-state index is -0.775. The molecule has 0 saturated carbocycles. The number of likely N-dealkylation sites (tertiary alicyclic amines) is 1. The predicted molar refractivity (Wildman–Crippen MR) is 105 cm³/mol. The third kappa shape index (κ3) is 3.85. The summed E-state index contributed by atoms with van der Waals surface area (Å²) in [6.07, 6.45) is 4.76. The van der Waals surface area contributed by atoms with E-state index in [1.807, 2.05) is 80.6 Å². The molecule has 1 aliphatic rings. The van der Waals surface area contributed by atoms with E-state index in [1.165, 1.54) is 0 Å². The van der Waals surface area contributed by atoms with Gasteiger partial charge in [0.15, 0.2) is 0 Å². The molecule has 1 fully saturated rings. The van der Waals surface area contributed by atoms with E-state index in [2.05, 4.69) is 5.32 Å². The summed E-state index contributed by atoms with van der Waals surface area (Å²) in [5.74, 6) is -0.155. The molecule has 1 heterocycles. The highest BCUT2D eigenvalue weighted by molar-refractivity contribution is 6.01. The van der Waals surface area contributed by atoms with Crippen LogP contribution in [0, 0.1) is 6.92 Å². The lowest BCUT2D eigenvalue weighted by Crippen LogP contribution is -2.66. The fourth-order valence-corrected chi connectivity index (χ4v) is 3.07. The topological polar surface area (TPSA) is 49.4 Å². The fraction of sp³-hybridized carbons (Fsp3) is 0.273. The van der Waals surface area contributed by atoms with Crippen molar-refractivity contribution in [2.45, 2.75) is 32.2 Å². The van der Waals surface area contributed by atoms with Crippen LogP contribution in [0.1, 0.15) is 30.9 Å². The molecule has 2 aromatic carbocycles. The van der Waals surface area contributed by atoms with E-state index in [0.29, 0.717) is 19.4 Å². The van der Waals surface area contributed by atoms with Crippen LogP contribution < -0.4 is 5.32 Å². The highest BCUT2D eigenvalue weighted by atomic mass is 16.2. The Morgan fingerprint density at radius 2 is 1.81 bits per heavy atom. The lowest BCUT2D eigenvalue weighted by molar-refractivity contribution is -0.154. The molecule has 0 radical (unpaired) electrons. The maximum Gasteiger partial charge on any atom is 0.250 e. The number of aryl methyl sites for hydroxylation is 1. The van der Waals surface area contributed by atoms with Crippen LogP contribution in [0.25, 0.3) is 6.08 Å². The smallest absolute Gasteiger partial charge is 0.250 e. The van der Waals surface area contributed by atoms with Crippen LogP contribution in [0.5, 0.6) is 0 Å². The maximum absolute atomic E-state index is 12.7. The average molecular weight is 348 g/mol. The Morgan fingerprint density at radius 1 is 1.12 bits per heavy atom. The first-order valence-electron chi connectivity index (χ1n) is 8.89. The molecule has 0 bridgehead atoms. The van der Waals surface area contributed by atoms with Gasteiger partial charge < -0.3 is 10.2 Å². The second kappa shape index (κ2) is 7.56. The summed E-state index contributed by atoms with van der Waals surface area (Å²) in [7, 11) is 0. The first kappa shape index (κ1) is 17.9. The van der Waals surface area contributed by atoms with E-state index >= 15 is 0 Å². The third-order valence-corrected chi connectivity index (χ3v) is 4.92. The summed E-state index contributed by atoms with van der Waals surface area (Å²) < 4.78 is 0. The first-order valence-corrected chi connectivity index (χ1v) is 8.89. The summed E-state index contributed by atoms with van der Waals surface area (Å²) in [5, 5.41) is 2.93. The predicted octanol–water partition coefficient (Wildman–Crippen LogP) is 4.03. The van der Waals surface area contributed by atoms with Crippen LogP contribution in [-0.2, 0) is 9.59 Å². The summed E-state index contributed by atoms with van der Waals surface area (Å²) in [4.78, 5) is 26.9. The van der Waals surface area contributed by atoms with Gasteiger partial charge >= 0.3 is 0 Å². The molecule has 1 N–H and O–H groups in total. The normalized spacial score (nSPS) is 19.2. The van der Waals surface area contributed by atoms with Crippen LogP contribution >= 0.6 is 0 Å². The number of nitrogens with zero attached hydrogens (tertiary/aromatic N) is 1. The Morgan fingerprint density at radius 3 is 2.42 bits per heavy atom. The van der Waals surface area contributed by atoms with Crippen LogP contribution in [0.15, 0.2) is 60.7 Å². The molecule has 2 aromatic rings. The minimum absolute atomic E-state index is 0.0232. The molecule has 2 amide bonds. The largest absolute Gasteiger partial charge is 0.328 e. The number of nitrogens with one attached hydrogen (secondary N) is 1. The molecule has 1 aliphatic heterocycles. The van der Waals surface area contributed by atoms with Gasteiger partial charge in [0.25, 0.3) is 0 Å². The Balaban J connectivity index is 1.59. The molecule has 0 aromatic heterocycles. The lowest BCUT2D eigenvalue weighted by atomic mass is 9.85. The second-order valence-electron chi connectivity index (χ2n) is 6.91. The van der Waals surface area contributed by atoms with Crippen molar-refractivity contribution >= 4 is 23.6 Å². The van der Waals surface area contributed by atoms with Gasteiger partial charge in [-0.1, -0.05) is 60.2 Å². The van der Waals surface area contributed by atoms with Crippen LogP contribution in [0.3, 0.4) is 0 Å². The van der Waals surface area contributed by atoms with Gasteiger partial charge in [-0.15, -0.1) is 0 Å². The standard InChI is InChI=1S/C22H24N2O2/c1-17-11-13-19(14-12-17)23-21(26)22(2)15-16-24(22)20(25)10-6-9-18-7-4-3-5-8-18/h3-9,11-14H,10,15-16H2,1-2H3,(H,23,26)/b9-6+. The molecule has 1 saturated heterocycles. The number of anilines is 1. The molecule has 4 heteroatoms. The van der Waals surface area contributed by atoms with Gasteiger partial charge in [0.05, 0.1) is 0 Å². The maximum atomic E-state index is 12.7. The third-order valence-electron chi connectivity index (χ3n) is 4.92. The Kier molecular flexibility index (Phi) is 5.21. The second-order valence-corrected chi connectivity index (χ2v) is 6.91. The number of hydrogen-bond donors (Lipinski definition) is 1. The Bertz CT molecular complexity index is 812. The molecule has 0 aliphatic carbocycles. The molecular weight excluding hydrogens is 324 g/mol. The van der Waals surface area contributed by atoms with Crippen molar-refractivity contribution in [3.8, 4) is 0 Å². The van der Waals surface area contributed by atoms with Crippen molar-refractivity contribution in [3.05, 3.63) is 71.8 Å². The van der Waals surface area contributed by atoms with Gasteiger partial charge in [0.2, 0.25) is 11.8 Å². The minimum Gasteiger partial charge on any atom is -0.328 e. The van der Waals surface area contributed by atoms with Gasteiger partial charge in [-0.25, -0.2) is 0 Å². The van der Waals surface area contributed by atoms with Crippen molar-refractivity contribution in [1.82, 2.24) is 4.90 Å². The first-order chi connectivity index (χ1) is 12.5. The number of carbonyl (C=O) groups is 2. The molecule has 1 unspecified atom stereocenters. The summed E-state index contributed by atoms with van der Waals surface area (Å²) >= 11 is 0. The van der Waals surface area contributed by atoms with Gasteiger partial charge in [0.1, 0.15) is 5.54 Å². The van der Waals surface area contributed by atoms with E-state index in [1.54, 1.807) is 4.90 Å². The Hall–Kier alpha value is -2.88. The number of carbonyl (C=O) groups excluding carboxylic acids is 2. The summed E-state index contributed by atoms with van der Waals surface area (Å²) in [6.45, 7) is 4.46. The summed E-state index contributed by atoms with van der Waals surface area (Å²) in [5.41, 5.74) is 2.18. The zero-order chi connectivity index (χ0) is 18.6. The van der Waals surface area contributed by atoms with Crippen LogP contribution in [-0.4, -0.2) is 28.8 Å². The van der Waals surface area contributed by atoms with E-state index in [9.17, 15) is 9.59 Å². The van der Waals surface area contributed by atoms with Gasteiger partial charge in [-0.3, -0.25) is 9.59 Å². The molecule has 0 spiro atoms. The molecule has 134 valence electrons. The van der Waals surface area contributed by atoms with Crippen LogP contribution in [0.2, 0.25) is 0 Å². The quantitative estimate of drug-likeness (QED) is 0.887. The number of amides is 2. The van der Waals surface area contributed by atoms with Crippen molar-refractivity contribution in [3.63, 3.8) is 0 Å². The molecule has 26 heavy (non-hydrogen) atoms. The van der Waals surface area contributed by atoms with Gasteiger partial charge in [0, 0.05) is 18.7 Å². The fourth-order valence-electron chi connectivity index (χ4n) is 3.07. The number of hydrogen-bond acceptors (Lipinski definition) is 2. The Labute approximate surface area is 154 Å². The van der Waals surface area contributed by atoms with Crippen molar-refractivity contribution in [2.24, 2.45) is 0 Å². The molecular formula is C22H24N2O2. The number of rotatable bonds is 5. The molecule has 4 nitrogen and oxygen atoms in total. The van der Waals surface area contributed by atoms with Crippen molar-refractivity contribution in [2.75, 3.05) is 11.9 Å². The van der Waals surface area contributed by atoms with E-state index in [0.717, 1.165) is 16.8 Å². The van der Waals surface area contributed by atoms with E-state index in [4.69, 9.17) is 0 Å². The molecule has 3 rings (SSSR count). The highest BCUT2D eigenvalue weighted by Crippen LogP contribution is 2.32. The average Bonchev–Trinajstić information content (AvgIpc) is 2.63.